The molecule has 126 valence electrons. The fourth-order valence-electron chi connectivity index (χ4n) is 4.34. The van der Waals surface area contributed by atoms with Gasteiger partial charge >= 0.3 is 0 Å². The standard InChI is InChI=1S/C24H20N2/c1-3-7-17(8-4-1)19-13-15-25-23-21(19)11-12-22-20(14-16-26-24(22)23)18-9-5-2-6-10-18/h1-16,21-24H. The summed E-state index contributed by atoms with van der Waals surface area (Å²) in [6.45, 7) is 0. The van der Waals surface area contributed by atoms with Crippen LogP contribution in [0.15, 0.2) is 95.0 Å². The first-order valence-electron chi connectivity index (χ1n) is 9.18. The van der Waals surface area contributed by atoms with Gasteiger partial charge in [-0.25, -0.2) is 0 Å². The molecule has 0 saturated heterocycles. The normalized spacial score (nSPS) is 28.8. The molecule has 0 radical (unpaired) electrons. The maximum atomic E-state index is 4.85. The average molecular weight is 336 g/mol. The van der Waals surface area contributed by atoms with Crippen LogP contribution in [-0.4, -0.2) is 24.5 Å². The van der Waals surface area contributed by atoms with Gasteiger partial charge in [0.05, 0.1) is 12.1 Å². The van der Waals surface area contributed by atoms with Crippen LogP contribution in [0.3, 0.4) is 0 Å². The van der Waals surface area contributed by atoms with Crippen molar-refractivity contribution in [1.29, 1.82) is 0 Å². The lowest BCUT2D eigenvalue weighted by Gasteiger charge is -2.40. The van der Waals surface area contributed by atoms with E-state index in [1.165, 1.54) is 22.3 Å². The van der Waals surface area contributed by atoms with Gasteiger partial charge in [-0.3, -0.25) is 9.98 Å². The van der Waals surface area contributed by atoms with Crippen LogP contribution in [0.4, 0.5) is 0 Å². The van der Waals surface area contributed by atoms with Gasteiger partial charge in [-0.15, -0.1) is 0 Å². The number of hydrogen-bond acceptors (Lipinski definition) is 2. The van der Waals surface area contributed by atoms with Crippen molar-refractivity contribution in [3.8, 4) is 0 Å². The van der Waals surface area contributed by atoms with Crippen LogP contribution in [0.1, 0.15) is 11.1 Å². The molecular formula is C24H20N2. The van der Waals surface area contributed by atoms with Crippen molar-refractivity contribution >= 4 is 23.6 Å². The van der Waals surface area contributed by atoms with Crippen LogP contribution in [0.2, 0.25) is 0 Å². The van der Waals surface area contributed by atoms with E-state index in [2.05, 4.69) is 85.0 Å². The molecule has 0 bridgehead atoms. The molecule has 2 heteroatoms. The third kappa shape index (κ3) is 2.50. The molecule has 2 heterocycles. The van der Waals surface area contributed by atoms with Crippen molar-refractivity contribution < 1.29 is 0 Å². The van der Waals surface area contributed by atoms with E-state index in [-0.39, 0.29) is 23.9 Å². The summed E-state index contributed by atoms with van der Waals surface area (Å²) in [5.41, 5.74) is 5.23. The smallest absolute Gasteiger partial charge is 0.0835 e. The fraction of sp³-hybridized carbons (Fsp3) is 0.167. The van der Waals surface area contributed by atoms with Crippen LogP contribution in [-0.2, 0) is 0 Å². The number of dihydropyridines is 2. The van der Waals surface area contributed by atoms with Crippen LogP contribution >= 0.6 is 0 Å². The van der Waals surface area contributed by atoms with Crippen LogP contribution < -0.4 is 0 Å². The molecule has 5 rings (SSSR count). The van der Waals surface area contributed by atoms with Gasteiger partial charge in [0.25, 0.3) is 0 Å². The van der Waals surface area contributed by atoms with E-state index in [0.717, 1.165) is 0 Å². The lowest BCUT2D eigenvalue weighted by molar-refractivity contribution is 0.421. The lowest BCUT2D eigenvalue weighted by Crippen LogP contribution is -2.41. The molecule has 2 aromatic rings. The van der Waals surface area contributed by atoms with Gasteiger partial charge in [-0.1, -0.05) is 72.8 Å². The third-order valence-corrected chi connectivity index (χ3v) is 5.57. The SMILES string of the molecule is C1=CC2C(c3ccccc3)=CC=NC2C2N=CC=C(c3ccccc3)C12. The molecule has 0 amide bonds. The maximum Gasteiger partial charge on any atom is 0.0835 e. The Bertz CT molecular complexity index is 869. The predicted octanol–water partition coefficient (Wildman–Crippen LogP) is 4.86. The Kier molecular flexibility index (Phi) is 3.75. The number of allylic oxidation sites excluding steroid dienone is 2. The van der Waals surface area contributed by atoms with E-state index in [0.29, 0.717) is 0 Å². The van der Waals surface area contributed by atoms with Gasteiger partial charge in [0.2, 0.25) is 0 Å². The highest BCUT2D eigenvalue weighted by atomic mass is 14.9. The molecule has 2 aliphatic heterocycles. The maximum absolute atomic E-state index is 4.85. The highest BCUT2D eigenvalue weighted by Gasteiger charge is 2.40. The molecule has 4 atom stereocenters. The fourth-order valence-corrected chi connectivity index (χ4v) is 4.34. The minimum Gasteiger partial charge on any atom is -0.287 e. The Morgan fingerprint density at radius 2 is 0.962 bits per heavy atom. The molecule has 2 aromatic carbocycles. The van der Waals surface area contributed by atoms with Gasteiger partial charge in [0, 0.05) is 24.3 Å². The summed E-state index contributed by atoms with van der Waals surface area (Å²) in [6, 6.07) is 21.6. The summed E-state index contributed by atoms with van der Waals surface area (Å²) in [5, 5.41) is 0. The van der Waals surface area contributed by atoms with E-state index in [9.17, 15) is 0 Å². The second-order valence-electron chi connectivity index (χ2n) is 6.99. The molecule has 0 saturated carbocycles. The Labute approximate surface area is 154 Å². The van der Waals surface area contributed by atoms with Gasteiger partial charge in [0.15, 0.2) is 0 Å². The predicted molar refractivity (Wildman–Crippen MR) is 110 cm³/mol. The lowest BCUT2D eigenvalue weighted by atomic mass is 9.70. The molecule has 0 spiro atoms. The molecule has 1 aliphatic carbocycles. The van der Waals surface area contributed by atoms with E-state index < -0.39 is 0 Å². The van der Waals surface area contributed by atoms with E-state index in [4.69, 9.17) is 9.98 Å². The average Bonchev–Trinajstić information content (AvgIpc) is 2.74. The monoisotopic (exact) mass is 336 g/mol. The Morgan fingerprint density at radius 3 is 1.38 bits per heavy atom. The number of rotatable bonds is 2. The third-order valence-electron chi connectivity index (χ3n) is 5.57. The highest BCUT2D eigenvalue weighted by Crippen LogP contribution is 2.43. The second-order valence-corrected chi connectivity index (χ2v) is 6.99. The van der Waals surface area contributed by atoms with Crippen LogP contribution in [0.5, 0.6) is 0 Å². The van der Waals surface area contributed by atoms with E-state index in [1.54, 1.807) is 0 Å². The Morgan fingerprint density at radius 1 is 0.538 bits per heavy atom. The highest BCUT2D eigenvalue weighted by molar-refractivity contribution is 5.91. The Hall–Kier alpha value is -3.00. The van der Waals surface area contributed by atoms with Crippen molar-refractivity contribution in [2.24, 2.45) is 21.8 Å². The topological polar surface area (TPSA) is 24.7 Å². The van der Waals surface area contributed by atoms with Crippen molar-refractivity contribution in [2.45, 2.75) is 12.1 Å². The van der Waals surface area contributed by atoms with Gasteiger partial charge < -0.3 is 0 Å². The van der Waals surface area contributed by atoms with E-state index in [1.807, 2.05) is 12.4 Å². The summed E-state index contributed by atoms with van der Waals surface area (Å²) in [6.07, 6.45) is 12.9. The number of aliphatic imine (C=N–C) groups is 2. The summed E-state index contributed by atoms with van der Waals surface area (Å²) >= 11 is 0. The second kappa shape index (κ2) is 6.38. The first kappa shape index (κ1) is 15.3. The summed E-state index contributed by atoms with van der Waals surface area (Å²) in [5.74, 6) is 0.576. The van der Waals surface area contributed by atoms with Crippen LogP contribution in [0, 0.1) is 11.8 Å². The van der Waals surface area contributed by atoms with Gasteiger partial charge in [-0.2, -0.15) is 0 Å². The number of benzene rings is 2. The summed E-state index contributed by atoms with van der Waals surface area (Å²) in [7, 11) is 0. The minimum atomic E-state index is 0.161. The van der Waals surface area contributed by atoms with Crippen molar-refractivity contribution in [3.63, 3.8) is 0 Å². The number of nitrogens with zero attached hydrogens (tertiary/aromatic N) is 2. The van der Waals surface area contributed by atoms with Crippen LogP contribution in [0.25, 0.3) is 11.1 Å². The molecule has 4 unspecified atom stereocenters. The molecule has 0 aromatic heterocycles. The Balaban J connectivity index is 1.53. The zero-order valence-electron chi connectivity index (χ0n) is 14.4. The molecule has 26 heavy (non-hydrogen) atoms. The molecule has 0 N–H and O–H groups in total. The molecule has 3 aliphatic rings. The first-order valence-corrected chi connectivity index (χ1v) is 9.18. The van der Waals surface area contributed by atoms with Crippen molar-refractivity contribution in [2.75, 3.05) is 0 Å². The zero-order valence-corrected chi connectivity index (χ0v) is 14.4. The van der Waals surface area contributed by atoms with Gasteiger partial charge in [0.1, 0.15) is 0 Å². The van der Waals surface area contributed by atoms with E-state index >= 15 is 0 Å². The summed E-state index contributed by atoms with van der Waals surface area (Å²) < 4.78 is 0. The number of fused-ring (bicyclic) bond motifs is 3. The van der Waals surface area contributed by atoms with Gasteiger partial charge in [-0.05, 0) is 34.4 Å². The van der Waals surface area contributed by atoms with Crippen molar-refractivity contribution in [1.82, 2.24) is 0 Å². The first-order chi connectivity index (χ1) is 12.9. The quantitative estimate of drug-likeness (QED) is 0.700. The summed E-state index contributed by atoms with van der Waals surface area (Å²) in [4.78, 5) is 9.69. The largest absolute Gasteiger partial charge is 0.287 e. The number of hydrogen-bond donors (Lipinski definition) is 0. The molecular weight excluding hydrogens is 316 g/mol. The van der Waals surface area contributed by atoms with Crippen molar-refractivity contribution in [3.05, 3.63) is 96.1 Å². The minimum absolute atomic E-state index is 0.161. The molecule has 0 fully saturated rings. The molecule has 2 nitrogen and oxygen atoms in total. The zero-order chi connectivity index (χ0) is 17.3.